The van der Waals surface area contributed by atoms with E-state index in [1.54, 1.807) is 22.9 Å². The largest absolute Gasteiger partial charge is 0.370 e. The van der Waals surface area contributed by atoms with Gasteiger partial charge in [0.25, 0.3) is 0 Å². The first-order chi connectivity index (χ1) is 12.5. The third-order valence-electron chi connectivity index (χ3n) is 4.41. The number of nitrogens with zero attached hydrogens (tertiary/aromatic N) is 2. The van der Waals surface area contributed by atoms with Crippen LogP contribution in [0.1, 0.15) is 18.4 Å². The van der Waals surface area contributed by atoms with Crippen molar-refractivity contribution in [2.45, 2.75) is 19.3 Å². The molecule has 0 fully saturated rings. The van der Waals surface area contributed by atoms with Gasteiger partial charge in [-0.05, 0) is 49.6 Å². The van der Waals surface area contributed by atoms with Gasteiger partial charge in [0.1, 0.15) is 23.1 Å². The van der Waals surface area contributed by atoms with Gasteiger partial charge in [-0.1, -0.05) is 23.2 Å². The highest BCUT2D eigenvalue weighted by molar-refractivity contribution is 6.34. The van der Waals surface area contributed by atoms with E-state index in [-0.39, 0.29) is 5.56 Å². The van der Waals surface area contributed by atoms with Crippen LogP contribution in [0.2, 0.25) is 10.0 Å². The van der Waals surface area contributed by atoms with Gasteiger partial charge in [-0.3, -0.25) is 0 Å². The minimum atomic E-state index is -0.633. The van der Waals surface area contributed by atoms with E-state index in [2.05, 4.69) is 10.4 Å². The van der Waals surface area contributed by atoms with Gasteiger partial charge in [0.05, 0.1) is 5.69 Å². The van der Waals surface area contributed by atoms with Crippen LogP contribution in [0, 0.1) is 11.6 Å². The molecule has 0 spiro atoms. The van der Waals surface area contributed by atoms with Gasteiger partial charge < -0.3 is 5.32 Å². The number of aromatic nitrogens is 2. The zero-order valence-electron chi connectivity index (χ0n) is 13.7. The van der Waals surface area contributed by atoms with Crippen LogP contribution in [0.15, 0.2) is 36.4 Å². The molecule has 2 aromatic carbocycles. The standard InChI is InChI=1S/C19H15Cl2F2N3/c20-11-7-12(21)9-14(8-11)26-19-16(3-1-2-6-24-19)18(25-26)15-5-4-13(22)10-17(15)23/h4-5,7-10,24H,1-3,6H2. The zero-order valence-corrected chi connectivity index (χ0v) is 15.2. The van der Waals surface area contributed by atoms with E-state index in [9.17, 15) is 8.78 Å². The molecule has 0 aliphatic carbocycles. The minimum absolute atomic E-state index is 0.276. The first-order valence-electron chi connectivity index (χ1n) is 8.30. The Bertz CT molecular complexity index is 965. The maximum Gasteiger partial charge on any atom is 0.135 e. The number of benzene rings is 2. The van der Waals surface area contributed by atoms with Crippen LogP contribution in [0.4, 0.5) is 14.6 Å². The molecule has 1 N–H and O–H groups in total. The summed E-state index contributed by atoms with van der Waals surface area (Å²) in [5, 5.41) is 8.96. The van der Waals surface area contributed by atoms with Crippen molar-refractivity contribution in [2.24, 2.45) is 0 Å². The summed E-state index contributed by atoms with van der Waals surface area (Å²) in [4.78, 5) is 0. The van der Waals surface area contributed by atoms with Crippen LogP contribution in [0.3, 0.4) is 0 Å². The summed E-state index contributed by atoms with van der Waals surface area (Å²) >= 11 is 12.3. The second-order valence-corrected chi connectivity index (χ2v) is 7.10. The molecule has 2 heterocycles. The lowest BCUT2D eigenvalue weighted by molar-refractivity contribution is 0.585. The van der Waals surface area contributed by atoms with Crippen molar-refractivity contribution >= 4 is 29.0 Å². The van der Waals surface area contributed by atoms with Crippen molar-refractivity contribution in [1.29, 1.82) is 0 Å². The van der Waals surface area contributed by atoms with Crippen LogP contribution in [-0.2, 0) is 6.42 Å². The van der Waals surface area contributed by atoms with E-state index >= 15 is 0 Å². The molecule has 7 heteroatoms. The maximum absolute atomic E-state index is 14.4. The van der Waals surface area contributed by atoms with Crippen molar-refractivity contribution in [1.82, 2.24) is 9.78 Å². The summed E-state index contributed by atoms with van der Waals surface area (Å²) < 4.78 is 29.4. The molecule has 1 aliphatic heterocycles. The second-order valence-electron chi connectivity index (χ2n) is 6.22. The third-order valence-corrected chi connectivity index (χ3v) is 4.84. The van der Waals surface area contributed by atoms with Gasteiger partial charge >= 0.3 is 0 Å². The number of hydrogen-bond acceptors (Lipinski definition) is 2. The number of rotatable bonds is 2. The SMILES string of the molecule is Fc1ccc(-c2nn(-c3cc(Cl)cc(Cl)c3)c3c2CCCCN3)c(F)c1. The molecule has 1 aromatic heterocycles. The Balaban J connectivity index is 1.94. The molecule has 3 aromatic rings. The van der Waals surface area contributed by atoms with E-state index in [1.807, 2.05) is 0 Å². The Morgan fingerprint density at radius 1 is 1.00 bits per heavy atom. The van der Waals surface area contributed by atoms with Crippen molar-refractivity contribution in [2.75, 3.05) is 11.9 Å². The molecule has 0 saturated carbocycles. The fourth-order valence-corrected chi connectivity index (χ4v) is 3.76. The summed E-state index contributed by atoms with van der Waals surface area (Å²) in [6, 6.07) is 8.68. The summed E-state index contributed by atoms with van der Waals surface area (Å²) in [6.07, 6.45) is 2.71. The van der Waals surface area contributed by atoms with Crippen LogP contribution in [0.5, 0.6) is 0 Å². The lowest BCUT2D eigenvalue weighted by atomic mass is 10.0. The quantitative estimate of drug-likeness (QED) is 0.589. The molecular formula is C19H15Cl2F2N3. The molecule has 0 saturated heterocycles. The molecule has 0 atom stereocenters. The van der Waals surface area contributed by atoms with Gasteiger partial charge in [-0.25, -0.2) is 13.5 Å². The lowest BCUT2D eigenvalue weighted by Gasteiger charge is -2.10. The number of nitrogens with one attached hydrogen (secondary N) is 1. The lowest BCUT2D eigenvalue weighted by Crippen LogP contribution is -2.07. The number of anilines is 1. The summed E-state index contributed by atoms with van der Waals surface area (Å²) in [5.41, 5.74) is 2.37. The predicted molar refractivity (Wildman–Crippen MR) is 100 cm³/mol. The van der Waals surface area contributed by atoms with E-state index in [4.69, 9.17) is 23.2 Å². The van der Waals surface area contributed by atoms with E-state index < -0.39 is 11.6 Å². The van der Waals surface area contributed by atoms with Crippen LogP contribution < -0.4 is 5.32 Å². The zero-order chi connectivity index (χ0) is 18.3. The number of fused-ring (bicyclic) bond motifs is 1. The highest BCUT2D eigenvalue weighted by atomic mass is 35.5. The van der Waals surface area contributed by atoms with Gasteiger partial charge in [0, 0.05) is 33.8 Å². The maximum atomic E-state index is 14.4. The average Bonchev–Trinajstić information content (AvgIpc) is 2.76. The first-order valence-corrected chi connectivity index (χ1v) is 9.06. The Hall–Kier alpha value is -2.11. The summed E-state index contributed by atoms with van der Waals surface area (Å²) in [6.45, 7) is 0.790. The Labute approximate surface area is 159 Å². The Morgan fingerprint density at radius 2 is 1.77 bits per heavy atom. The average molecular weight is 394 g/mol. The molecule has 0 unspecified atom stereocenters. The summed E-state index contributed by atoms with van der Waals surface area (Å²) in [7, 11) is 0. The fourth-order valence-electron chi connectivity index (χ4n) is 3.25. The van der Waals surface area contributed by atoms with Crippen molar-refractivity contribution in [3.63, 3.8) is 0 Å². The Morgan fingerprint density at radius 3 is 2.50 bits per heavy atom. The predicted octanol–water partition coefficient (Wildman–Crippen LogP) is 5.87. The molecular weight excluding hydrogens is 379 g/mol. The fraction of sp³-hybridized carbons (Fsp3) is 0.211. The molecule has 134 valence electrons. The molecule has 3 nitrogen and oxygen atoms in total. The Kier molecular flexibility index (Phi) is 4.59. The van der Waals surface area contributed by atoms with Crippen LogP contribution in [-0.4, -0.2) is 16.3 Å². The monoisotopic (exact) mass is 393 g/mol. The van der Waals surface area contributed by atoms with Crippen LogP contribution >= 0.6 is 23.2 Å². The van der Waals surface area contributed by atoms with Crippen LogP contribution in [0.25, 0.3) is 16.9 Å². The van der Waals surface area contributed by atoms with Gasteiger partial charge in [-0.15, -0.1) is 0 Å². The highest BCUT2D eigenvalue weighted by Crippen LogP contribution is 2.36. The van der Waals surface area contributed by atoms with Crippen molar-refractivity contribution < 1.29 is 8.78 Å². The van der Waals surface area contributed by atoms with E-state index in [0.717, 1.165) is 43.3 Å². The third kappa shape index (κ3) is 3.17. The van der Waals surface area contributed by atoms with E-state index in [1.165, 1.54) is 12.1 Å². The molecule has 0 amide bonds. The second kappa shape index (κ2) is 6.89. The molecule has 0 bridgehead atoms. The highest BCUT2D eigenvalue weighted by Gasteiger charge is 2.23. The minimum Gasteiger partial charge on any atom is -0.370 e. The molecule has 4 rings (SSSR count). The topological polar surface area (TPSA) is 29.9 Å². The van der Waals surface area contributed by atoms with Crippen molar-refractivity contribution in [3.8, 4) is 16.9 Å². The smallest absolute Gasteiger partial charge is 0.135 e. The van der Waals surface area contributed by atoms with E-state index in [0.29, 0.717) is 21.4 Å². The van der Waals surface area contributed by atoms with Crippen molar-refractivity contribution in [3.05, 3.63) is 63.6 Å². The van der Waals surface area contributed by atoms with Gasteiger partial charge in [-0.2, -0.15) is 5.10 Å². The molecule has 1 aliphatic rings. The van der Waals surface area contributed by atoms with Gasteiger partial charge in [0.15, 0.2) is 0 Å². The number of halogens is 4. The normalized spacial score (nSPS) is 13.8. The summed E-state index contributed by atoms with van der Waals surface area (Å²) in [5.74, 6) is -0.457. The molecule has 0 radical (unpaired) electrons. The number of hydrogen-bond donors (Lipinski definition) is 1. The molecule has 26 heavy (non-hydrogen) atoms. The first kappa shape index (κ1) is 17.3. The van der Waals surface area contributed by atoms with Gasteiger partial charge in [0.2, 0.25) is 0 Å².